The first-order valence-corrected chi connectivity index (χ1v) is 10.3. The molecule has 4 aromatic rings. The zero-order valence-electron chi connectivity index (χ0n) is 15.3. The molecular formula is C19H22N7S+. The second-order valence-electron chi connectivity index (χ2n) is 7.05. The third kappa shape index (κ3) is 2.94. The summed E-state index contributed by atoms with van der Waals surface area (Å²) in [5.74, 6) is 1.45. The lowest BCUT2D eigenvalue weighted by Gasteiger charge is -2.23. The van der Waals surface area contributed by atoms with Crippen LogP contribution in [0.2, 0.25) is 0 Å². The molecule has 0 saturated heterocycles. The van der Waals surface area contributed by atoms with Crippen molar-refractivity contribution < 1.29 is 4.90 Å². The van der Waals surface area contributed by atoms with Gasteiger partial charge in [0.1, 0.15) is 17.2 Å². The number of nitrogens with one attached hydrogen (secondary N) is 2. The average Bonchev–Trinajstić information content (AvgIpc) is 3.31. The van der Waals surface area contributed by atoms with Crippen molar-refractivity contribution in [2.45, 2.75) is 32.9 Å². The van der Waals surface area contributed by atoms with Crippen LogP contribution in [0.4, 0.5) is 5.82 Å². The van der Waals surface area contributed by atoms with Gasteiger partial charge in [0, 0.05) is 13.0 Å². The summed E-state index contributed by atoms with van der Waals surface area (Å²) < 4.78 is 1.78. The zero-order chi connectivity index (χ0) is 18.2. The summed E-state index contributed by atoms with van der Waals surface area (Å²) in [6.45, 7) is 6.49. The van der Waals surface area contributed by atoms with Crippen LogP contribution in [0.15, 0.2) is 30.3 Å². The number of fused-ring (bicyclic) bond motifs is 5. The molecular weight excluding hydrogens is 358 g/mol. The Morgan fingerprint density at radius 3 is 3.00 bits per heavy atom. The Kier molecular flexibility index (Phi) is 4.21. The summed E-state index contributed by atoms with van der Waals surface area (Å²) in [6, 6.07) is 10.4. The van der Waals surface area contributed by atoms with Crippen molar-refractivity contribution in [1.82, 2.24) is 25.0 Å². The van der Waals surface area contributed by atoms with Crippen LogP contribution in [0.25, 0.3) is 16.0 Å². The van der Waals surface area contributed by atoms with Gasteiger partial charge < -0.3 is 10.2 Å². The van der Waals surface area contributed by atoms with Crippen LogP contribution in [0.1, 0.15) is 29.3 Å². The SMILES string of the molecule is CCC[NH+]1CCc2c(sc3c2c(NCc2ccccc2)nc2nnnn23)C1. The number of aromatic nitrogens is 5. The second kappa shape index (κ2) is 6.86. The average molecular weight is 381 g/mol. The highest BCUT2D eigenvalue weighted by Crippen LogP contribution is 2.36. The van der Waals surface area contributed by atoms with Gasteiger partial charge in [0.2, 0.25) is 0 Å². The first-order valence-electron chi connectivity index (χ1n) is 9.47. The van der Waals surface area contributed by atoms with Gasteiger partial charge in [0.05, 0.1) is 23.4 Å². The number of nitrogens with zero attached hydrogens (tertiary/aromatic N) is 5. The molecule has 4 heterocycles. The highest BCUT2D eigenvalue weighted by Gasteiger charge is 2.27. The molecule has 0 spiro atoms. The van der Waals surface area contributed by atoms with Gasteiger partial charge >= 0.3 is 0 Å². The third-order valence-corrected chi connectivity index (χ3v) is 6.42. The fraction of sp³-hybridized carbons (Fsp3) is 0.368. The van der Waals surface area contributed by atoms with Crippen molar-refractivity contribution in [2.24, 2.45) is 0 Å². The summed E-state index contributed by atoms with van der Waals surface area (Å²) >= 11 is 1.82. The topological polar surface area (TPSA) is 72.4 Å². The van der Waals surface area contributed by atoms with Gasteiger partial charge in [0.25, 0.3) is 5.78 Å². The van der Waals surface area contributed by atoms with Crippen molar-refractivity contribution in [3.8, 4) is 0 Å². The minimum atomic E-state index is 0.550. The maximum atomic E-state index is 4.73. The van der Waals surface area contributed by atoms with Gasteiger partial charge in [-0.05, 0) is 28.0 Å². The maximum Gasteiger partial charge on any atom is 0.276 e. The molecule has 138 valence electrons. The van der Waals surface area contributed by atoms with Gasteiger partial charge in [-0.1, -0.05) is 42.4 Å². The van der Waals surface area contributed by atoms with Crippen LogP contribution in [-0.2, 0) is 19.5 Å². The Bertz CT molecular complexity index is 1090. The summed E-state index contributed by atoms with van der Waals surface area (Å²) in [5.41, 5.74) is 2.66. The predicted molar refractivity (Wildman–Crippen MR) is 106 cm³/mol. The molecule has 1 aliphatic rings. The normalized spacial score (nSPS) is 16.7. The molecule has 0 saturated carbocycles. The molecule has 1 unspecified atom stereocenters. The summed E-state index contributed by atoms with van der Waals surface area (Å²) in [7, 11) is 0. The zero-order valence-corrected chi connectivity index (χ0v) is 16.1. The Balaban J connectivity index is 1.59. The Hall–Kier alpha value is -2.58. The fourth-order valence-electron chi connectivity index (χ4n) is 3.93. The Morgan fingerprint density at radius 1 is 1.26 bits per heavy atom. The van der Waals surface area contributed by atoms with Crippen LogP contribution in [-0.4, -0.2) is 38.1 Å². The highest BCUT2D eigenvalue weighted by molar-refractivity contribution is 7.19. The second-order valence-corrected chi connectivity index (χ2v) is 8.13. The summed E-state index contributed by atoms with van der Waals surface area (Å²) in [6.07, 6.45) is 2.30. The molecule has 2 N–H and O–H groups in total. The van der Waals surface area contributed by atoms with Crippen molar-refractivity contribution >= 4 is 33.1 Å². The molecule has 27 heavy (non-hydrogen) atoms. The Morgan fingerprint density at radius 2 is 2.15 bits per heavy atom. The van der Waals surface area contributed by atoms with E-state index in [0.29, 0.717) is 5.78 Å². The smallest absolute Gasteiger partial charge is 0.276 e. The van der Waals surface area contributed by atoms with E-state index in [9.17, 15) is 0 Å². The lowest BCUT2D eigenvalue weighted by molar-refractivity contribution is -0.915. The maximum absolute atomic E-state index is 4.73. The summed E-state index contributed by atoms with van der Waals surface area (Å²) in [4.78, 5) is 8.94. The van der Waals surface area contributed by atoms with Crippen molar-refractivity contribution in [3.05, 3.63) is 46.3 Å². The van der Waals surface area contributed by atoms with Gasteiger partial charge in [-0.15, -0.1) is 11.3 Å². The summed E-state index contributed by atoms with van der Waals surface area (Å²) in [5, 5.41) is 16.8. The number of hydrogen-bond acceptors (Lipinski definition) is 6. The molecule has 1 aromatic carbocycles. The van der Waals surface area contributed by atoms with Gasteiger partial charge in [-0.3, -0.25) is 0 Å². The molecule has 1 aliphatic heterocycles. The minimum absolute atomic E-state index is 0.550. The molecule has 0 bridgehead atoms. The number of tetrazole rings is 1. The highest BCUT2D eigenvalue weighted by atomic mass is 32.1. The fourth-order valence-corrected chi connectivity index (χ4v) is 5.30. The van der Waals surface area contributed by atoms with E-state index in [1.807, 2.05) is 17.4 Å². The van der Waals surface area contributed by atoms with Crippen molar-refractivity contribution in [1.29, 1.82) is 0 Å². The monoisotopic (exact) mass is 380 g/mol. The Labute approximate surface area is 161 Å². The van der Waals surface area contributed by atoms with E-state index in [0.717, 1.165) is 30.2 Å². The largest absolute Gasteiger partial charge is 0.365 e. The van der Waals surface area contributed by atoms with Crippen LogP contribution >= 0.6 is 11.3 Å². The number of quaternary nitrogens is 1. The molecule has 0 fully saturated rings. The van der Waals surface area contributed by atoms with E-state index in [-0.39, 0.29) is 0 Å². The van der Waals surface area contributed by atoms with Gasteiger partial charge in [-0.25, -0.2) is 0 Å². The van der Waals surface area contributed by atoms with E-state index in [1.54, 1.807) is 9.42 Å². The van der Waals surface area contributed by atoms with Crippen molar-refractivity contribution in [3.63, 3.8) is 0 Å². The van der Waals surface area contributed by atoms with E-state index >= 15 is 0 Å². The number of thiophene rings is 1. The lowest BCUT2D eigenvalue weighted by Crippen LogP contribution is -3.11. The molecule has 3 aromatic heterocycles. The van der Waals surface area contributed by atoms with Crippen LogP contribution in [0.5, 0.6) is 0 Å². The molecule has 8 heteroatoms. The van der Waals surface area contributed by atoms with Crippen LogP contribution < -0.4 is 10.2 Å². The van der Waals surface area contributed by atoms with E-state index < -0.39 is 0 Å². The van der Waals surface area contributed by atoms with E-state index in [1.165, 1.54) is 40.9 Å². The number of rotatable bonds is 5. The third-order valence-electron chi connectivity index (χ3n) is 5.21. The van der Waals surface area contributed by atoms with Crippen molar-refractivity contribution in [2.75, 3.05) is 18.4 Å². The number of hydrogen-bond donors (Lipinski definition) is 2. The molecule has 0 aliphatic carbocycles. The molecule has 7 nitrogen and oxygen atoms in total. The minimum Gasteiger partial charge on any atom is -0.365 e. The first kappa shape index (κ1) is 16.6. The van der Waals surface area contributed by atoms with Gasteiger partial charge in [-0.2, -0.15) is 9.50 Å². The van der Waals surface area contributed by atoms with Crippen LogP contribution in [0, 0.1) is 0 Å². The molecule has 0 amide bonds. The van der Waals surface area contributed by atoms with E-state index in [2.05, 4.69) is 52.0 Å². The quantitative estimate of drug-likeness (QED) is 0.551. The number of benzene rings is 1. The lowest BCUT2D eigenvalue weighted by atomic mass is 10.0. The first-order chi connectivity index (χ1) is 13.3. The standard InChI is InChI=1S/C19H21N7S/c1-2-9-25-10-8-14-15(12-25)27-18-16(14)17(21-19-22-23-24-26(18)19)20-11-13-6-4-3-5-7-13/h3-7H,2,8-12H2,1H3,(H,20,21,22,24)/p+1. The van der Waals surface area contributed by atoms with E-state index in [4.69, 9.17) is 4.98 Å². The molecule has 1 atom stereocenters. The van der Waals surface area contributed by atoms with Crippen LogP contribution in [0.3, 0.4) is 0 Å². The number of anilines is 1. The predicted octanol–water partition coefficient (Wildman–Crippen LogP) is 1.70. The van der Waals surface area contributed by atoms with Gasteiger partial charge in [0.15, 0.2) is 0 Å². The molecule has 5 rings (SSSR count). The molecule has 0 radical (unpaired) electrons.